The Morgan fingerprint density at radius 1 is 1.53 bits per heavy atom. The van der Waals surface area contributed by atoms with Gasteiger partial charge in [-0.15, -0.1) is 0 Å². The van der Waals surface area contributed by atoms with Crippen molar-refractivity contribution in [3.05, 3.63) is 11.8 Å². The lowest BCUT2D eigenvalue weighted by Crippen LogP contribution is -2.45. The minimum Gasteiger partial charge on any atom is -0.383 e. The van der Waals surface area contributed by atoms with Gasteiger partial charge in [0.15, 0.2) is 5.11 Å². The molecule has 0 aromatic carbocycles. The molecule has 1 fully saturated rings. The molecule has 0 aliphatic carbocycles. The maximum atomic E-state index is 11.8. The molecular weight excluding hydrogens is 212 g/mol. The maximum absolute atomic E-state index is 11.8. The second-order valence-corrected chi connectivity index (χ2v) is 4.10. The molecule has 1 aliphatic rings. The first-order valence-electron chi connectivity index (χ1n) is 4.65. The predicted octanol–water partition coefficient (Wildman–Crippen LogP) is -0.328. The van der Waals surface area contributed by atoms with Crippen molar-refractivity contribution in [1.29, 1.82) is 0 Å². The van der Waals surface area contributed by atoms with Gasteiger partial charge >= 0.3 is 0 Å². The number of hydrogen-bond donors (Lipinski definition) is 2. The number of hydrogen-bond acceptors (Lipinski definition) is 4. The third kappa shape index (κ3) is 2.90. The van der Waals surface area contributed by atoms with Crippen LogP contribution < -0.4 is 10.7 Å². The Morgan fingerprint density at radius 2 is 2.13 bits per heavy atom. The summed E-state index contributed by atoms with van der Waals surface area (Å²) in [6.45, 7) is 1.92. The summed E-state index contributed by atoms with van der Waals surface area (Å²) in [5.74, 6) is -0.155. The van der Waals surface area contributed by atoms with Crippen molar-refractivity contribution in [2.45, 2.75) is 13.0 Å². The van der Waals surface area contributed by atoms with Crippen LogP contribution in [0.15, 0.2) is 11.8 Å². The Morgan fingerprint density at radius 3 is 2.67 bits per heavy atom. The number of carbonyl (C=O) groups is 1. The van der Waals surface area contributed by atoms with E-state index >= 15 is 0 Å². The average molecular weight is 228 g/mol. The van der Waals surface area contributed by atoms with Crippen molar-refractivity contribution in [2.24, 2.45) is 0 Å². The number of hydrazine groups is 1. The summed E-state index contributed by atoms with van der Waals surface area (Å²) in [4.78, 5) is 13.6. The molecule has 1 rings (SSSR count). The van der Waals surface area contributed by atoms with Gasteiger partial charge < -0.3 is 4.90 Å². The summed E-state index contributed by atoms with van der Waals surface area (Å²) in [7, 11) is 5.53. The molecule has 1 heterocycles. The Hall–Kier alpha value is -1.14. The van der Waals surface area contributed by atoms with E-state index in [0.29, 0.717) is 10.7 Å². The van der Waals surface area contributed by atoms with Crippen LogP contribution in [-0.4, -0.2) is 48.1 Å². The molecule has 5 nitrogen and oxygen atoms in total. The average Bonchev–Trinajstić information content (AvgIpc) is 2.19. The number of carbonyl (C=O) groups excluding carboxylic acids is 1. The Balaban J connectivity index is 2.96. The third-order valence-electron chi connectivity index (χ3n) is 2.04. The van der Waals surface area contributed by atoms with Crippen LogP contribution in [-0.2, 0) is 4.79 Å². The number of thiocarbonyl (C=S) groups is 1. The zero-order chi connectivity index (χ0) is 11.6. The van der Waals surface area contributed by atoms with Gasteiger partial charge in [0.2, 0.25) is 0 Å². The maximum Gasteiger partial charge on any atom is 0.256 e. The number of rotatable bonds is 1. The highest BCUT2D eigenvalue weighted by Gasteiger charge is 2.24. The van der Waals surface area contributed by atoms with Gasteiger partial charge in [0, 0.05) is 27.3 Å². The number of nitrogens with one attached hydrogen (secondary N) is 2. The van der Waals surface area contributed by atoms with Crippen LogP contribution in [0.5, 0.6) is 0 Å². The molecule has 1 aliphatic heterocycles. The molecule has 0 bridgehead atoms. The first-order valence-corrected chi connectivity index (χ1v) is 5.06. The van der Waals surface area contributed by atoms with Crippen molar-refractivity contribution < 1.29 is 4.79 Å². The number of nitrogens with zero attached hydrogens (tertiary/aromatic N) is 2. The molecule has 1 amide bonds. The molecule has 0 radical (unpaired) electrons. The predicted molar refractivity (Wildman–Crippen MR) is 62.9 cm³/mol. The lowest BCUT2D eigenvalue weighted by Gasteiger charge is -2.20. The van der Waals surface area contributed by atoms with Crippen molar-refractivity contribution in [2.75, 3.05) is 21.1 Å². The van der Waals surface area contributed by atoms with Crippen molar-refractivity contribution in [3.8, 4) is 0 Å². The molecule has 0 aromatic heterocycles. The van der Waals surface area contributed by atoms with E-state index < -0.39 is 0 Å². The zero-order valence-electron chi connectivity index (χ0n) is 9.37. The quantitative estimate of drug-likeness (QED) is 0.475. The van der Waals surface area contributed by atoms with Gasteiger partial charge in [0.1, 0.15) is 0 Å². The third-order valence-corrected chi connectivity index (χ3v) is 2.41. The van der Waals surface area contributed by atoms with Crippen molar-refractivity contribution in [1.82, 2.24) is 20.7 Å². The summed E-state index contributed by atoms with van der Waals surface area (Å²) < 4.78 is 0. The lowest BCUT2D eigenvalue weighted by atomic mass is 10.1. The van der Waals surface area contributed by atoms with E-state index in [1.54, 1.807) is 18.3 Å². The molecule has 1 saturated heterocycles. The van der Waals surface area contributed by atoms with Crippen LogP contribution in [0.4, 0.5) is 0 Å². The zero-order valence-corrected chi connectivity index (χ0v) is 10.2. The fourth-order valence-corrected chi connectivity index (χ4v) is 1.46. The second-order valence-electron chi connectivity index (χ2n) is 3.72. The second kappa shape index (κ2) is 4.59. The van der Waals surface area contributed by atoms with E-state index in [9.17, 15) is 4.79 Å². The van der Waals surface area contributed by atoms with Gasteiger partial charge in [-0.3, -0.25) is 15.1 Å². The normalized spacial score (nSPS) is 25.2. The van der Waals surface area contributed by atoms with Gasteiger partial charge in [0.05, 0.1) is 11.6 Å². The summed E-state index contributed by atoms with van der Waals surface area (Å²) in [6.07, 6.45) is 1.79. The van der Waals surface area contributed by atoms with E-state index in [1.807, 2.05) is 25.9 Å². The molecule has 0 aromatic rings. The standard InChI is InChI=1S/C9H16N4OS/c1-6-7(5-12(2)3)8(14)10-9(15)13(4)11-6/h5-6,11H,1-4H3,(H,10,14,15)/b7-5+. The molecule has 84 valence electrons. The minimum absolute atomic E-state index is 0.0714. The largest absolute Gasteiger partial charge is 0.383 e. The van der Waals surface area contributed by atoms with Crippen LogP contribution in [0, 0.1) is 0 Å². The summed E-state index contributed by atoms with van der Waals surface area (Å²) in [6, 6.07) is -0.0714. The topological polar surface area (TPSA) is 47.6 Å². The molecular formula is C9H16N4OS. The van der Waals surface area contributed by atoms with Crippen LogP contribution in [0.3, 0.4) is 0 Å². The lowest BCUT2D eigenvalue weighted by molar-refractivity contribution is -0.116. The minimum atomic E-state index is -0.155. The molecule has 15 heavy (non-hydrogen) atoms. The molecule has 2 N–H and O–H groups in total. The van der Waals surface area contributed by atoms with Gasteiger partial charge in [-0.2, -0.15) is 0 Å². The van der Waals surface area contributed by atoms with Crippen molar-refractivity contribution in [3.63, 3.8) is 0 Å². The highest BCUT2D eigenvalue weighted by molar-refractivity contribution is 7.80. The SMILES string of the molecule is CC1NN(C)C(=S)NC(=O)/C1=C/N(C)C. The van der Waals surface area contributed by atoms with Crippen LogP contribution in [0.1, 0.15) is 6.92 Å². The summed E-state index contributed by atoms with van der Waals surface area (Å²) in [5.41, 5.74) is 3.75. The molecule has 1 atom stereocenters. The summed E-state index contributed by atoms with van der Waals surface area (Å²) >= 11 is 5.00. The first kappa shape index (κ1) is 11.9. The fraction of sp³-hybridized carbons (Fsp3) is 0.556. The van der Waals surface area contributed by atoms with Gasteiger partial charge in [-0.05, 0) is 19.1 Å². The van der Waals surface area contributed by atoms with Crippen LogP contribution in [0.25, 0.3) is 0 Å². The Labute approximate surface area is 95.1 Å². The highest BCUT2D eigenvalue weighted by atomic mass is 32.1. The van der Waals surface area contributed by atoms with Crippen LogP contribution in [0.2, 0.25) is 0 Å². The monoisotopic (exact) mass is 228 g/mol. The smallest absolute Gasteiger partial charge is 0.256 e. The number of amides is 1. The molecule has 0 saturated carbocycles. The van der Waals surface area contributed by atoms with E-state index in [4.69, 9.17) is 12.2 Å². The van der Waals surface area contributed by atoms with Gasteiger partial charge in [0.25, 0.3) is 5.91 Å². The Kier molecular flexibility index (Phi) is 3.65. The van der Waals surface area contributed by atoms with E-state index in [2.05, 4.69) is 10.7 Å². The summed E-state index contributed by atoms with van der Waals surface area (Å²) in [5, 5.41) is 4.66. The first-order chi connectivity index (χ1) is 6.91. The Bertz CT molecular complexity index is 313. The van der Waals surface area contributed by atoms with Gasteiger partial charge in [-0.1, -0.05) is 0 Å². The highest BCUT2D eigenvalue weighted by Crippen LogP contribution is 2.07. The molecule has 0 spiro atoms. The van der Waals surface area contributed by atoms with E-state index in [1.165, 1.54) is 0 Å². The van der Waals surface area contributed by atoms with E-state index in [0.717, 1.165) is 0 Å². The van der Waals surface area contributed by atoms with Crippen LogP contribution >= 0.6 is 12.2 Å². The molecule has 6 heteroatoms. The fourth-order valence-electron chi connectivity index (χ4n) is 1.32. The van der Waals surface area contributed by atoms with Gasteiger partial charge in [-0.25, -0.2) is 5.43 Å². The molecule has 1 unspecified atom stereocenters. The van der Waals surface area contributed by atoms with Crippen molar-refractivity contribution >= 4 is 23.2 Å². The van der Waals surface area contributed by atoms with E-state index in [-0.39, 0.29) is 11.9 Å².